The highest BCUT2D eigenvalue weighted by atomic mass is 35.5. The number of hydrogen-bond donors (Lipinski definition) is 1. The third-order valence-corrected chi connectivity index (χ3v) is 6.35. The first-order valence-electron chi connectivity index (χ1n) is 10.7. The molecule has 0 bridgehead atoms. The zero-order valence-corrected chi connectivity index (χ0v) is 18.8. The van der Waals surface area contributed by atoms with Gasteiger partial charge in [-0.2, -0.15) is 0 Å². The highest BCUT2D eigenvalue weighted by Crippen LogP contribution is 2.29. The van der Waals surface area contributed by atoms with Crippen LogP contribution >= 0.6 is 12.4 Å². The predicted octanol–water partition coefficient (Wildman–Crippen LogP) is 3.93. The van der Waals surface area contributed by atoms with Crippen LogP contribution in [0, 0.1) is 6.92 Å². The summed E-state index contributed by atoms with van der Waals surface area (Å²) in [6.45, 7) is 14.5. The molecule has 158 valence electrons. The van der Waals surface area contributed by atoms with Gasteiger partial charge in [-0.15, -0.1) is 12.4 Å². The predicted molar refractivity (Wildman–Crippen MR) is 127 cm³/mol. The molecule has 29 heavy (non-hydrogen) atoms. The van der Waals surface area contributed by atoms with Crippen molar-refractivity contribution < 1.29 is 0 Å². The number of benzene rings is 2. The summed E-state index contributed by atoms with van der Waals surface area (Å²) in [4.78, 5) is 7.72. The Balaban J connectivity index is 0.00000240. The van der Waals surface area contributed by atoms with Crippen LogP contribution < -0.4 is 15.1 Å². The van der Waals surface area contributed by atoms with Crippen molar-refractivity contribution in [2.75, 3.05) is 49.1 Å². The normalized spacial score (nSPS) is 23.0. The van der Waals surface area contributed by atoms with Crippen molar-refractivity contribution in [2.24, 2.45) is 0 Å². The van der Waals surface area contributed by atoms with Gasteiger partial charge in [-0.05, 0) is 50.1 Å². The molecule has 4 rings (SSSR count). The molecule has 0 aromatic heterocycles. The van der Waals surface area contributed by atoms with Crippen molar-refractivity contribution in [1.29, 1.82) is 0 Å². The summed E-state index contributed by atoms with van der Waals surface area (Å²) in [5.41, 5.74) is 5.57. The largest absolute Gasteiger partial charge is 0.368 e. The lowest BCUT2D eigenvalue weighted by atomic mass is 10.1. The fraction of sp³-hybridized carbons (Fsp3) is 0.500. The number of halogens is 1. The molecule has 2 atom stereocenters. The summed E-state index contributed by atoms with van der Waals surface area (Å²) in [6.07, 6.45) is 0. The summed E-state index contributed by atoms with van der Waals surface area (Å²) in [7, 11) is 0. The van der Waals surface area contributed by atoms with Gasteiger partial charge in [0.1, 0.15) is 0 Å². The van der Waals surface area contributed by atoms with E-state index in [-0.39, 0.29) is 12.4 Å². The first-order chi connectivity index (χ1) is 13.6. The van der Waals surface area contributed by atoms with Crippen LogP contribution in [0.25, 0.3) is 0 Å². The summed E-state index contributed by atoms with van der Waals surface area (Å²) < 4.78 is 0. The maximum absolute atomic E-state index is 3.48. The topological polar surface area (TPSA) is 21.8 Å². The second-order valence-electron chi connectivity index (χ2n) is 8.47. The van der Waals surface area contributed by atoms with E-state index in [1.165, 1.54) is 22.5 Å². The van der Waals surface area contributed by atoms with Gasteiger partial charge in [0.2, 0.25) is 0 Å². The number of piperazine rings is 2. The Morgan fingerprint density at radius 1 is 0.966 bits per heavy atom. The highest BCUT2D eigenvalue weighted by molar-refractivity contribution is 5.85. The molecule has 0 saturated carbocycles. The fourth-order valence-corrected chi connectivity index (χ4v) is 4.66. The molecule has 0 unspecified atom stereocenters. The lowest BCUT2D eigenvalue weighted by Gasteiger charge is -2.42. The van der Waals surface area contributed by atoms with E-state index in [1.54, 1.807) is 0 Å². The van der Waals surface area contributed by atoms with Crippen molar-refractivity contribution in [3.63, 3.8) is 0 Å². The van der Waals surface area contributed by atoms with E-state index in [4.69, 9.17) is 0 Å². The average molecular weight is 415 g/mol. The Morgan fingerprint density at radius 2 is 1.76 bits per heavy atom. The smallest absolute Gasteiger partial charge is 0.0398 e. The first-order valence-corrected chi connectivity index (χ1v) is 10.7. The molecule has 2 fully saturated rings. The Labute approximate surface area is 182 Å². The van der Waals surface area contributed by atoms with E-state index in [9.17, 15) is 0 Å². The van der Waals surface area contributed by atoms with Crippen LogP contribution in [0.15, 0.2) is 48.5 Å². The standard InChI is InChI=1S/C24H34N4.ClH/c1-19-15-23(28-12-11-25-16-20(28)2)9-10-24(19)27-14-13-26(21(3)17-27)18-22-7-5-4-6-8-22;/h4-10,15,20-21,25H,11-14,16-18H2,1-3H3;1H/t20-,21+;/m1./s1. The number of aryl methyl sites for hydroxylation is 1. The molecule has 2 aliphatic heterocycles. The van der Waals surface area contributed by atoms with Gasteiger partial charge in [-0.1, -0.05) is 30.3 Å². The zero-order chi connectivity index (χ0) is 19.5. The third kappa shape index (κ3) is 5.06. The molecule has 0 spiro atoms. The van der Waals surface area contributed by atoms with Crippen LogP contribution in [0.1, 0.15) is 25.0 Å². The van der Waals surface area contributed by atoms with Crippen LogP contribution in [-0.4, -0.2) is 56.3 Å². The van der Waals surface area contributed by atoms with E-state index >= 15 is 0 Å². The number of rotatable bonds is 4. The number of nitrogens with one attached hydrogen (secondary N) is 1. The zero-order valence-electron chi connectivity index (χ0n) is 18.0. The molecule has 1 N–H and O–H groups in total. The third-order valence-electron chi connectivity index (χ3n) is 6.35. The molecule has 4 nitrogen and oxygen atoms in total. The molecule has 5 heteroatoms. The molecule has 2 aromatic rings. The van der Waals surface area contributed by atoms with Crippen LogP contribution in [-0.2, 0) is 6.54 Å². The Hall–Kier alpha value is -1.75. The van der Waals surface area contributed by atoms with Crippen molar-refractivity contribution in [1.82, 2.24) is 10.2 Å². The van der Waals surface area contributed by atoms with Crippen LogP contribution in [0.4, 0.5) is 11.4 Å². The lowest BCUT2D eigenvalue weighted by molar-refractivity contribution is 0.181. The van der Waals surface area contributed by atoms with Crippen LogP contribution in [0.3, 0.4) is 0 Å². The van der Waals surface area contributed by atoms with Gasteiger partial charge >= 0.3 is 0 Å². The monoisotopic (exact) mass is 414 g/mol. The molecule has 0 amide bonds. The molecule has 0 radical (unpaired) electrons. The maximum Gasteiger partial charge on any atom is 0.0398 e. The minimum absolute atomic E-state index is 0. The summed E-state index contributed by atoms with van der Waals surface area (Å²) in [5, 5.41) is 3.48. The van der Waals surface area contributed by atoms with E-state index in [0.717, 1.165) is 45.8 Å². The van der Waals surface area contributed by atoms with Gasteiger partial charge in [0, 0.05) is 69.3 Å². The van der Waals surface area contributed by atoms with Crippen LogP contribution in [0.2, 0.25) is 0 Å². The molecular weight excluding hydrogens is 380 g/mol. The fourth-order valence-electron chi connectivity index (χ4n) is 4.66. The van der Waals surface area contributed by atoms with Gasteiger partial charge in [0.15, 0.2) is 0 Å². The molecular formula is C24H35ClN4. The Morgan fingerprint density at radius 3 is 2.45 bits per heavy atom. The van der Waals surface area contributed by atoms with Gasteiger partial charge in [-0.3, -0.25) is 4.90 Å². The van der Waals surface area contributed by atoms with E-state index in [0.29, 0.717) is 12.1 Å². The van der Waals surface area contributed by atoms with Crippen molar-refractivity contribution in [2.45, 2.75) is 39.4 Å². The summed E-state index contributed by atoms with van der Waals surface area (Å²) in [6, 6.07) is 19.0. The number of hydrogen-bond acceptors (Lipinski definition) is 4. The molecule has 2 heterocycles. The molecule has 2 aliphatic rings. The first kappa shape index (κ1) is 21.9. The van der Waals surface area contributed by atoms with Gasteiger partial charge in [0.05, 0.1) is 0 Å². The van der Waals surface area contributed by atoms with Crippen molar-refractivity contribution in [3.8, 4) is 0 Å². The minimum atomic E-state index is 0. The number of anilines is 2. The van der Waals surface area contributed by atoms with Gasteiger partial charge in [0.25, 0.3) is 0 Å². The van der Waals surface area contributed by atoms with E-state index in [1.807, 2.05) is 0 Å². The second kappa shape index (κ2) is 9.84. The average Bonchev–Trinajstić information content (AvgIpc) is 2.71. The Bertz CT molecular complexity index is 782. The summed E-state index contributed by atoms with van der Waals surface area (Å²) >= 11 is 0. The van der Waals surface area contributed by atoms with E-state index < -0.39 is 0 Å². The van der Waals surface area contributed by atoms with Gasteiger partial charge < -0.3 is 15.1 Å². The molecule has 2 aromatic carbocycles. The van der Waals surface area contributed by atoms with Crippen molar-refractivity contribution >= 4 is 23.8 Å². The SMILES string of the molecule is Cc1cc(N2CCNC[C@H]2C)ccc1N1CCN(Cc2ccccc2)[C@@H](C)C1.Cl. The lowest BCUT2D eigenvalue weighted by Crippen LogP contribution is -2.51. The minimum Gasteiger partial charge on any atom is -0.368 e. The quantitative estimate of drug-likeness (QED) is 0.818. The van der Waals surface area contributed by atoms with E-state index in [2.05, 4.69) is 89.3 Å². The Kier molecular flexibility index (Phi) is 7.44. The summed E-state index contributed by atoms with van der Waals surface area (Å²) in [5.74, 6) is 0. The van der Waals surface area contributed by atoms with Crippen molar-refractivity contribution in [3.05, 3.63) is 59.7 Å². The highest BCUT2D eigenvalue weighted by Gasteiger charge is 2.25. The second-order valence-corrected chi connectivity index (χ2v) is 8.47. The molecule has 2 saturated heterocycles. The number of nitrogens with zero attached hydrogens (tertiary/aromatic N) is 3. The molecule has 0 aliphatic carbocycles. The van der Waals surface area contributed by atoms with Gasteiger partial charge in [-0.25, -0.2) is 0 Å². The maximum atomic E-state index is 3.48. The van der Waals surface area contributed by atoms with Crippen LogP contribution in [0.5, 0.6) is 0 Å².